The Morgan fingerprint density at radius 2 is 1.93 bits per heavy atom. The lowest BCUT2D eigenvalue weighted by atomic mass is 10.1. The molecule has 8 nitrogen and oxygen atoms in total. The largest absolute Gasteiger partial charge is 0.360 e. The maximum Gasteiger partial charge on any atom is 0.275 e. The van der Waals surface area contributed by atoms with Gasteiger partial charge in [0.15, 0.2) is 5.69 Å². The molecule has 4 aromatic rings. The second kappa shape index (κ2) is 7.55. The van der Waals surface area contributed by atoms with Crippen LogP contribution in [0, 0.1) is 0 Å². The van der Waals surface area contributed by atoms with Crippen LogP contribution < -0.4 is 10.9 Å². The van der Waals surface area contributed by atoms with Crippen molar-refractivity contribution in [3.8, 4) is 0 Å². The smallest absolute Gasteiger partial charge is 0.275 e. The molecule has 1 saturated carbocycles. The number of rotatable bonds is 6. The van der Waals surface area contributed by atoms with Crippen LogP contribution in [0.1, 0.15) is 46.4 Å². The first-order valence-electron chi connectivity index (χ1n) is 9.82. The zero-order valence-corrected chi connectivity index (χ0v) is 16.1. The normalized spacial score (nSPS) is 13.5. The molecule has 1 fully saturated rings. The first-order chi connectivity index (χ1) is 14.7. The highest BCUT2D eigenvalue weighted by molar-refractivity contribution is 5.92. The van der Waals surface area contributed by atoms with Crippen molar-refractivity contribution < 1.29 is 9.32 Å². The average Bonchev–Trinajstić information content (AvgIpc) is 3.52. The Bertz CT molecular complexity index is 1270. The van der Waals surface area contributed by atoms with Crippen molar-refractivity contribution in [3.05, 3.63) is 87.9 Å². The third kappa shape index (κ3) is 3.59. The van der Waals surface area contributed by atoms with Gasteiger partial charge in [-0.3, -0.25) is 14.6 Å². The molecule has 0 atom stereocenters. The summed E-state index contributed by atoms with van der Waals surface area (Å²) in [6.07, 6.45) is 3.82. The zero-order chi connectivity index (χ0) is 20.5. The Morgan fingerprint density at radius 1 is 1.13 bits per heavy atom. The molecular weight excluding hydrogens is 382 g/mol. The van der Waals surface area contributed by atoms with Gasteiger partial charge in [-0.1, -0.05) is 29.4 Å². The predicted molar refractivity (Wildman–Crippen MR) is 109 cm³/mol. The van der Waals surface area contributed by atoms with Crippen molar-refractivity contribution in [1.82, 2.24) is 25.2 Å². The fraction of sp³-hybridized carbons (Fsp3) is 0.227. The summed E-state index contributed by atoms with van der Waals surface area (Å²) in [5.74, 6) is 0.812. The van der Waals surface area contributed by atoms with Gasteiger partial charge in [0.25, 0.3) is 11.5 Å². The van der Waals surface area contributed by atoms with Crippen molar-refractivity contribution >= 4 is 16.7 Å². The van der Waals surface area contributed by atoms with Gasteiger partial charge in [0.2, 0.25) is 0 Å². The summed E-state index contributed by atoms with van der Waals surface area (Å²) in [6, 6.07) is 14.5. The molecular formula is C22H19N5O3. The molecule has 0 unspecified atom stereocenters. The highest BCUT2D eigenvalue weighted by Crippen LogP contribution is 2.40. The predicted octanol–water partition coefficient (Wildman–Crippen LogP) is 2.64. The van der Waals surface area contributed by atoms with E-state index < -0.39 is 0 Å². The van der Waals surface area contributed by atoms with E-state index in [1.807, 2.05) is 36.4 Å². The number of nitrogens with zero attached hydrogens (tertiary/aromatic N) is 4. The number of carbonyl (C=O) groups is 1. The van der Waals surface area contributed by atoms with Gasteiger partial charge in [-0.05, 0) is 31.0 Å². The minimum atomic E-state index is -0.334. The lowest BCUT2D eigenvalue weighted by molar-refractivity contribution is 0.0941. The van der Waals surface area contributed by atoms with Crippen LogP contribution in [-0.2, 0) is 13.1 Å². The van der Waals surface area contributed by atoms with E-state index in [4.69, 9.17) is 4.52 Å². The molecule has 0 saturated heterocycles. The zero-order valence-electron chi connectivity index (χ0n) is 16.1. The Morgan fingerprint density at radius 3 is 2.70 bits per heavy atom. The summed E-state index contributed by atoms with van der Waals surface area (Å²) in [7, 11) is 0. The first-order valence-corrected chi connectivity index (χ1v) is 9.82. The van der Waals surface area contributed by atoms with E-state index >= 15 is 0 Å². The molecule has 1 aliphatic carbocycles. The molecule has 0 spiro atoms. The molecule has 30 heavy (non-hydrogen) atoms. The van der Waals surface area contributed by atoms with Crippen LogP contribution in [0.2, 0.25) is 0 Å². The maximum atomic E-state index is 12.9. The number of amides is 1. The van der Waals surface area contributed by atoms with Crippen LogP contribution in [0.25, 0.3) is 10.8 Å². The molecule has 3 heterocycles. The fourth-order valence-electron chi connectivity index (χ4n) is 3.40. The molecule has 1 aliphatic rings. The van der Waals surface area contributed by atoms with Crippen molar-refractivity contribution in [3.63, 3.8) is 0 Å². The van der Waals surface area contributed by atoms with Crippen LogP contribution in [0.15, 0.2) is 64.0 Å². The lowest BCUT2D eigenvalue weighted by Gasteiger charge is -2.11. The van der Waals surface area contributed by atoms with Gasteiger partial charge in [-0.2, -0.15) is 5.10 Å². The number of carbonyl (C=O) groups excluding carboxylic acids is 1. The Hall–Kier alpha value is -3.81. The molecule has 1 N–H and O–H groups in total. The minimum absolute atomic E-state index is 0.160. The summed E-state index contributed by atoms with van der Waals surface area (Å²) in [5, 5.41) is 12.5. The number of hydrogen-bond donors (Lipinski definition) is 1. The van der Waals surface area contributed by atoms with E-state index in [0.29, 0.717) is 22.4 Å². The highest BCUT2D eigenvalue weighted by Gasteiger charge is 2.28. The van der Waals surface area contributed by atoms with Crippen molar-refractivity contribution in [2.45, 2.75) is 31.8 Å². The van der Waals surface area contributed by atoms with E-state index in [1.54, 1.807) is 18.3 Å². The molecule has 1 amide bonds. The molecule has 0 bridgehead atoms. The summed E-state index contributed by atoms with van der Waals surface area (Å²) in [4.78, 5) is 29.7. The van der Waals surface area contributed by atoms with Crippen LogP contribution >= 0.6 is 0 Å². The Kier molecular flexibility index (Phi) is 4.59. The van der Waals surface area contributed by atoms with Crippen LogP contribution in [-0.4, -0.2) is 25.8 Å². The topological polar surface area (TPSA) is 103 Å². The standard InChI is InChI=1S/C22H19N5O3/c28-21(18-11-20(30-26-18)14-8-9-14)24-12-19-16-6-1-2-7-17(16)22(29)27(25-19)13-15-5-3-4-10-23-15/h1-7,10-11,14H,8-9,12-13H2,(H,24,28). The number of fused-ring (bicyclic) bond motifs is 1. The van der Waals surface area contributed by atoms with Crippen molar-refractivity contribution in [2.75, 3.05) is 0 Å². The third-order valence-corrected chi connectivity index (χ3v) is 5.14. The quantitative estimate of drug-likeness (QED) is 0.533. The minimum Gasteiger partial charge on any atom is -0.360 e. The van der Waals surface area contributed by atoms with Crippen LogP contribution in [0.3, 0.4) is 0 Å². The summed E-state index contributed by atoms with van der Waals surface area (Å²) >= 11 is 0. The molecule has 8 heteroatoms. The van der Waals surface area contributed by atoms with Gasteiger partial charge in [0.05, 0.1) is 29.9 Å². The number of pyridine rings is 1. The molecule has 150 valence electrons. The molecule has 3 aromatic heterocycles. The number of hydrogen-bond acceptors (Lipinski definition) is 6. The van der Waals surface area contributed by atoms with Gasteiger partial charge in [-0.15, -0.1) is 0 Å². The van der Waals surface area contributed by atoms with Gasteiger partial charge >= 0.3 is 0 Å². The third-order valence-electron chi connectivity index (χ3n) is 5.14. The van der Waals surface area contributed by atoms with E-state index in [-0.39, 0.29) is 30.2 Å². The molecule has 5 rings (SSSR count). The van der Waals surface area contributed by atoms with Gasteiger partial charge in [-0.25, -0.2) is 4.68 Å². The van der Waals surface area contributed by atoms with E-state index in [0.717, 1.165) is 24.3 Å². The summed E-state index contributed by atoms with van der Waals surface area (Å²) in [6.45, 7) is 0.410. The molecule has 1 aromatic carbocycles. The monoisotopic (exact) mass is 401 g/mol. The average molecular weight is 401 g/mol. The number of nitrogens with one attached hydrogen (secondary N) is 1. The van der Waals surface area contributed by atoms with Gasteiger partial charge < -0.3 is 9.84 Å². The number of benzene rings is 1. The van der Waals surface area contributed by atoms with Crippen molar-refractivity contribution in [1.29, 1.82) is 0 Å². The Labute approximate surface area is 171 Å². The van der Waals surface area contributed by atoms with Gasteiger partial charge in [0.1, 0.15) is 5.76 Å². The maximum absolute atomic E-state index is 12.9. The SMILES string of the molecule is O=C(NCc1nn(Cc2ccccn2)c(=O)c2ccccc12)c1cc(C2CC2)on1. The molecule has 0 aliphatic heterocycles. The summed E-state index contributed by atoms with van der Waals surface area (Å²) < 4.78 is 6.64. The Balaban J connectivity index is 1.43. The lowest BCUT2D eigenvalue weighted by Crippen LogP contribution is -2.29. The van der Waals surface area contributed by atoms with Crippen LogP contribution in [0.4, 0.5) is 0 Å². The first kappa shape index (κ1) is 18.2. The second-order valence-corrected chi connectivity index (χ2v) is 7.35. The summed E-state index contributed by atoms with van der Waals surface area (Å²) in [5.41, 5.74) is 1.38. The molecule has 0 radical (unpaired) electrons. The van der Waals surface area contributed by atoms with E-state index in [2.05, 4.69) is 20.6 Å². The fourth-order valence-corrected chi connectivity index (χ4v) is 3.40. The van der Waals surface area contributed by atoms with E-state index in [9.17, 15) is 9.59 Å². The highest BCUT2D eigenvalue weighted by atomic mass is 16.5. The van der Waals surface area contributed by atoms with Crippen LogP contribution in [0.5, 0.6) is 0 Å². The van der Waals surface area contributed by atoms with E-state index in [1.165, 1.54) is 4.68 Å². The van der Waals surface area contributed by atoms with Gasteiger partial charge in [0, 0.05) is 23.6 Å². The second-order valence-electron chi connectivity index (χ2n) is 7.35. The number of aromatic nitrogens is 4. The van der Waals surface area contributed by atoms with Crippen molar-refractivity contribution in [2.24, 2.45) is 0 Å².